The topological polar surface area (TPSA) is 38.0 Å². The van der Waals surface area contributed by atoms with Crippen LogP contribution in [0.4, 0.5) is 5.69 Å². The third kappa shape index (κ3) is 3.41. The zero-order valence-electron chi connectivity index (χ0n) is 12.0. The third-order valence-electron chi connectivity index (χ3n) is 3.72. The molecule has 0 saturated heterocycles. The Kier molecular flexibility index (Phi) is 4.17. The molecule has 0 saturated carbocycles. The van der Waals surface area contributed by atoms with Gasteiger partial charge in [-0.2, -0.15) is 0 Å². The lowest BCUT2D eigenvalue weighted by Crippen LogP contribution is -2.30. The highest BCUT2D eigenvalue weighted by Gasteiger charge is 2.05. The van der Waals surface area contributed by atoms with E-state index in [1.165, 1.54) is 16.3 Å². The number of aryl methyl sites for hydroxylation is 1. The summed E-state index contributed by atoms with van der Waals surface area (Å²) in [5.41, 5.74) is 8.67. The molecule has 0 aliphatic rings. The summed E-state index contributed by atoms with van der Waals surface area (Å²) in [5, 5.41) is 5.88. The standard InChI is InChI=1S/C19H20N2/c20-19(14-13-15-7-2-1-3-8-15)21-18-12-6-10-16-9-4-5-11-17(16)18/h1-12,19,21H,13-14,20H2. The van der Waals surface area contributed by atoms with Crippen LogP contribution in [0.3, 0.4) is 0 Å². The highest BCUT2D eigenvalue weighted by Crippen LogP contribution is 2.23. The van der Waals surface area contributed by atoms with Crippen LogP contribution in [-0.4, -0.2) is 6.17 Å². The van der Waals surface area contributed by atoms with Crippen molar-refractivity contribution in [3.05, 3.63) is 78.4 Å². The number of nitrogens with two attached hydrogens (primary N) is 1. The molecule has 0 bridgehead atoms. The Morgan fingerprint density at radius 3 is 2.38 bits per heavy atom. The molecule has 0 aliphatic heterocycles. The molecule has 3 aromatic rings. The van der Waals surface area contributed by atoms with Gasteiger partial charge in [-0.25, -0.2) is 0 Å². The number of hydrogen-bond acceptors (Lipinski definition) is 2. The Labute approximate surface area is 125 Å². The minimum Gasteiger partial charge on any atom is -0.370 e. The van der Waals surface area contributed by atoms with E-state index in [1.54, 1.807) is 0 Å². The van der Waals surface area contributed by atoms with Crippen molar-refractivity contribution in [2.45, 2.75) is 19.0 Å². The molecule has 21 heavy (non-hydrogen) atoms. The molecule has 1 unspecified atom stereocenters. The minimum absolute atomic E-state index is 0.0454. The molecule has 1 atom stereocenters. The third-order valence-corrected chi connectivity index (χ3v) is 3.72. The van der Waals surface area contributed by atoms with Crippen LogP contribution in [-0.2, 0) is 6.42 Å². The average Bonchev–Trinajstić information content (AvgIpc) is 2.54. The lowest BCUT2D eigenvalue weighted by atomic mass is 10.1. The van der Waals surface area contributed by atoms with Gasteiger partial charge in [0.1, 0.15) is 0 Å². The SMILES string of the molecule is NC(CCc1ccccc1)Nc1cccc2ccccc12. The van der Waals surface area contributed by atoms with E-state index in [-0.39, 0.29) is 6.17 Å². The van der Waals surface area contributed by atoms with Gasteiger partial charge in [0.05, 0.1) is 6.17 Å². The first-order chi connectivity index (χ1) is 10.3. The van der Waals surface area contributed by atoms with E-state index in [1.807, 2.05) is 6.07 Å². The molecule has 0 fully saturated rings. The first-order valence-electron chi connectivity index (χ1n) is 7.37. The molecule has 0 aliphatic carbocycles. The Morgan fingerprint density at radius 1 is 0.810 bits per heavy atom. The highest BCUT2D eigenvalue weighted by molar-refractivity contribution is 5.93. The van der Waals surface area contributed by atoms with E-state index >= 15 is 0 Å². The van der Waals surface area contributed by atoms with Crippen LogP contribution in [0.5, 0.6) is 0 Å². The molecule has 3 N–H and O–H groups in total. The number of benzene rings is 3. The fourth-order valence-corrected chi connectivity index (χ4v) is 2.59. The fourth-order valence-electron chi connectivity index (χ4n) is 2.59. The van der Waals surface area contributed by atoms with Gasteiger partial charge in [0.15, 0.2) is 0 Å². The van der Waals surface area contributed by atoms with Crippen LogP contribution in [0, 0.1) is 0 Å². The van der Waals surface area contributed by atoms with Crippen molar-refractivity contribution in [1.82, 2.24) is 0 Å². The fraction of sp³-hybridized carbons (Fsp3) is 0.158. The van der Waals surface area contributed by atoms with Gasteiger partial charge in [-0.05, 0) is 29.9 Å². The van der Waals surface area contributed by atoms with E-state index in [9.17, 15) is 0 Å². The quantitative estimate of drug-likeness (QED) is 0.686. The lowest BCUT2D eigenvalue weighted by Gasteiger charge is -2.17. The molecule has 106 valence electrons. The van der Waals surface area contributed by atoms with E-state index < -0.39 is 0 Å². The van der Waals surface area contributed by atoms with Gasteiger partial charge in [-0.3, -0.25) is 0 Å². The second-order valence-corrected chi connectivity index (χ2v) is 5.30. The van der Waals surface area contributed by atoms with Crippen molar-refractivity contribution in [1.29, 1.82) is 0 Å². The summed E-state index contributed by atoms with van der Waals surface area (Å²) in [6, 6.07) is 25.1. The van der Waals surface area contributed by atoms with Crippen molar-refractivity contribution in [2.75, 3.05) is 5.32 Å². The Bertz CT molecular complexity index is 702. The molecule has 3 rings (SSSR count). The van der Waals surface area contributed by atoms with E-state index in [4.69, 9.17) is 5.73 Å². The zero-order chi connectivity index (χ0) is 14.5. The van der Waals surface area contributed by atoms with Crippen LogP contribution in [0.25, 0.3) is 10.8 Å². The summed E-state index contributed by atoms with van der Waals surface area (Å²) < 4.78 is 0. The van der Waals surface area contributed by atoms with Crippen LogP contribution in [0.2, 0.25) is 0 Å². The summed E-state index contributed by atoms with van der Waals surface area (Å²) in [7, 11) is 0. The van der Waals surface area contributed by atoms with Crippen LogP contribution < -0.4 is 11.1 Å². The van der Waals surface area contributed by atoms with Gasteiger partial charge >= 0.3 is 0 Å². The number of fused-ring (bicyclic) bond motifs is 1. The average molecular weight is 276 g/mol. The molecule has 2 nitrogen and oxygen atoms in total. The second kappa shape index (κ2) is 6.42. The normalized spacial score (nSPS) is 12.2. The van der Waals surface area contributed by atoms with Crippen molar-refractivity contribution in [3.63, 3.8) is 0 Å². The van der Waals surface area contributed by atoms with E-state index in [0.717, 1.165) is 18.5 Å². The molecule has 0 heterocycles. The Morgan fingerprint density at radius 2 is 1.52 bits per heavy atom. The maximum absolute atomic E-state index is 6.23. The lowest BCUT2D eigenvalue weighted by molar-refractivity contribution is 0.680. The maximum Gasteiger partial charge on any atom is 0.0746 e. The molecule has 0 spiro atoms. The number of hydrogen-bond donors (Lipinski definition) is 2. The predicted molar refractivity (Wildman–Crippen MR) is 90.3 cm³/mol. The van der Waals surface area contributed by atoms with Crippen molar-refractivity contribution in [3.8, 4) is 0 Å². The van der Waals surface area contributed by atoms with Crippen LogP contribution in [0.1, 0.15) is 12.0 Å². The molecule has 0 radical (unpaired) electrons. The smallest absolute Gasteiger partial charge is 0.0746 e. The molecule has 2 heteroatoms. The zero-order valence-corrected chi connectivity index (χ0v) is 12.0. The molecular formula is C19H20N2. The van der Waals surface area contributed by atoms with Gasteiger partial charge < -0.3 is 11.1 Å². The molecule has 0 amide bonds. The van der Waals surface area contributed by atoms with Crippen molar-refractivity contribution >= 4 is 16.5 Å². The van der Waals surface area contributed by atoms with Crippen LogP contribution >= 0.6 is 0 Å². The van der Waals surface area contributed by atoms with Crippen molar-refractivity contribution in [2.24, 2.45) is 5.73 Å². The highest BCUT2D eigenvalue weighted by atomic mass is 15.0. The van der Waals surface area contributed by atoms with Crippen LogP contribution in [0.15, 0.2) is 72.8 Å². The predicted octanol–water partition coefficient (Wildman–Crippen LogP) is 4.17. The van der Waals surface area contributed by atoms with Gasteiger partial charge in [0.25, 0.3) is 0 Å². The number of nitrogens with one attached hydrogen (secondary N) is 1. The Balaban J connectivity index is 1.67. The maximum atomic E-state index is 6.23. The summed E-state index contributed by atoms with van der Waals surface area (Å²) >= 11 is 0. The summed E-state index contributed by atoms with van der Waals surface area (Å²) in [4.78, 5) is 0. The van der Waals surface area contributed by atoms with E-state index in [2.05, 4.69) is 72.0 Å². The van der Waals surface area contributed by atoms with E-state index in [0.29, 0.717) is 0 Å². The van der Waals surface area contributed by atoms with Crippen molar-refractivity contribution < 1.29 is 0 Å². The number of rotatable bonds is 5. The molecular weight excluding hydrogens is 256 g/mol. The first-order valence-corrected chi connectivity index (χ1v) is 7.37. The summed E-state index contributed by atoms with van der Waals surface area (Å²) in [6.07, 6.45) is 1.85. The van der Waals surface area contributed by atoms with Gasteiger partial charge in [-0.15, -0.1) is 0 Å². The molecule has 0 aromatic heterocycles. The van der Waals surface area contributed by atoms with Gasteiger partial charge in [0, 0.05) is 11.1 Å². The summed E-state index contributed by atoms with van der Waals surface area (Å²) in [6.45, 7) is 0. The van der Waals surface area contributed by atoms with Gasteiger partial charge in [-0.1, -0.05) is 66.7 Å². The Hall–Kier alpha value is -2.32. The summed E-state index contributed by atoms with van der Waals surface area (Å²) in [5.74, 6) is 0. The first kappa shape index (κ1) is 13.7. The minimum atomic E-state index is -0.0454. The number of anilines is 1. The second-order valence-electron chi connectivity index (χ2n) is 5.30. The monoisotopic (exact) mass is 276 g/mol. The largest absolute Gasteiger partial charge is 0.370 e. The van der Waals surface area contributed by atoms with Gasteiger partial charge in [0.2, 0.25) is 0 Å². The molecule has 3 aromatic carbocycles.